The molecule has 5 heteroatoms. The van der Waals surface area contributed by atoms with Gasteiger partial charge in [-0.25, -0.2) is 0 Å². The Bertz CT molecular complexity index is 91.9. The molecule has 1 N–H and O–H groups in total. The Morgan fingerprint density at radius 2 is 1.00 bits per heavy atom. The third-order valence-electron chi connectivity index (χ3n) is 0.512. The smallest absolute Gasteiger partial charge is 0.850 e. The van der Waals surface area contributed by atoms with Gasteiger partial charge in [-0.05, 0) is 6.42 Å². The van der Waals surface area contributed by atoms with E-state index in [-0.39, 0.29) is 103 Å². The topological polar surface area (TPSA) is 66.3 Å². The zero-order valence-electron chi connectivity index (χ0n) is 13.4. The number of hydrogen-bond acceptors (Lipinski definition) is 3. The maximum absolute atomic E-state index is 10.1. The second kappa shape index (κ2) is 19.2. The normalized spacial score (nSPS) is 9.53. The molecule has 96 valence electrons. The van der Waals surface area contributed by atoms with Gasteiger partial charge in [0.2, 0.25) is 0 Å². The molecule has 0 spiro atoms. The van der Waals surface area contributed by atoms with Crippen LogP contribution in [-0.2, 0) is 0 Å². The van der Waals surface area contributed by atoms with Gasteiger partial charge in [0.25, 0.3) is 0 Å². The molecule has 0 saturated carbocycles. The van der Waals surface area contributed by atoms with Crippen LogP contribution in [0.25, 0.3) is 0 Å². The van der Waals surface area contributed by atoms with Gasteiger partial charge in [-0.1, -0.05) is 54.9 Å². The van der Waals surface area contributed by atoms with E-state index in [1.807, 2.05) is 0 Å². The first kappa shape index (κ1) is 32.2. The molecule has 0 unspecified atom stereocenters. The van der Waals surface area contributed by atoms with Gasteiger partial charge in [0.05, 0.1) is 0 Å². The molecule has 0 aromatic rings. The molecule has 0 fully saturated rings. The van der Waals surface area contributed by atoms with Crippen LogP contribution < -0.4 is 113 Å². The number of unbranched alkanes of at least 4 members (excludes halogenated alkanes) is 1. The Labute approximate surface area is 193 Å². The summed E-state index contributed by atoms with van der Waals surface area (Å²) in [5, 5.41) is 28.3. The molecule has 0 amide bonds. The summed E-state index contributed by atoms with van der Waals surface area (Å²) in [5.41, 5.74) is -1.50. The fraction of sp³-hybridized carbons (Fsp3) is 1.00. The Hall–Kier alpha value is 3.15. The van der Waals surface area contributed by atoms with E-state index in [0.717, 1.165) is 12.8 Å². The molecule has 3 nitrogen and oxygen atoms in total. The molecule has 17 heavy (non-hydrogen) atoms. The van der Waals surface area contributed by atoms with Crippen LogP contribution >= 0.6 is 0 Å². The number of aliphatic hydroxyl groups excluding tert-OH is 1. The maximum Gasteiger partial charge on any atom is 1.00 e. The van der Waals surface area contributed by atoms with E-state index in [4.69, 9.17) is 5.11 Å². The van der Waals surface area contributed by atoms with Crippen molar-refractivity contribution >= 4 is 0 Å². The van der Waals surface area contributed by atoms with Crippen LogP contribution in [0.3, 0.4) is 0 Å². The first-order valence-corrected chi connectivity index (χ1v) is 5.43. The van der Waals surface area contributed by atoms with Crippen molar-refractivity contribution in [2.45, 2.75) is 72.5 Å². The molecule has 0 rings (SSSR count). The Balaban J connectivity index is -0.0000000400. The minimum Gasteiger partial charge on any atom is -0.850 e. The molecular weight excluding hydrogens is 270 g/mol. The summed E-state index contributed by atoms with van der Waals surface area (Å²) in [6, 6.07) is 0. The van der Waals surface area contributed by atoms with Crippen molar-refractivity contribution in [2.75, 3.05) is 6.61 Å². The van der Waals surface area contributed by atoms with E-state index in [2.05, 4.69) is 6.92 Å². The third kappa shape index (κ3) is 212. The van der Waals surface area contributed by atoms with Gasteiger partial charge in [0.15, 0.2) is 0 Å². The minimum atomic E-state index is -0.750. The fourth-order valence-electron chi connectivity index (χ4n) is 0.158. The van der Waals surface area contributed by atoms with E-state index in [9.17, 15) is 10.2 Å². The van der Waals surface area contributed by atoms with Gasteiger partial charge in [-0.15, -0.1) is 11.2 Å². The van der Waals surface area contributed by atoms with Gasteiger partial charge >= 0.3 is 103 Å². The Kier molecular flexibility index (Phi) is 36.3. The van der Waals surface area contributed by atoms with Crippen LogP contribution in [0.15, 0.2) is 0 Å². The second-order valence-electron chi connectivity index (χ2n) is 5.30. The summed E-state index contributed by atoms with van der Waals surface area (Å²) < 4.78 is 0. The zero-order chi connectivity index (χ0) is 13.1. The van der Waals surface area contributed by atoms with E-state index in [1.54, 1.807) is 41.5 Å². The van der Waals surface area contributed by atoms with Crippen molar-refractivity contribution in [1.29, 1.82) is 0 Å². The van der Waals surface area contributed by atoms with Crippen molar-refractivity contribution in [1.82, 2.24) is 0 Å². The van der Waals surface area contributed by atoms with E-state index >= 15 is 0 Å². The van der Waals surface area contributed by atoms with E-state index in [1.165, 1.54) is 0 Å². The molecule has 0 bridgehead atoms. The van der Waals surface area contributed by atoms with E-state index < -0.39 is 11.2 Å². The second-order valence-corrected chi connectivity index (χ2v) is 5.30. The standard InChI is InChI=1S/2C4H9O.C4H10O.2K/c2*1-4(2,3)5;1-2-3-4-5;;/h2*1-3H3;5H,2-4H2,1H3;;/q2*-1;;2*+1. The monoisotopic (exact) mass is 298 g/mol. The van der Waals surface area contributed by atoms with Crippen LogP contribution in [0, 0.1) is 0 Å². The van der Waals surface area contributed by atoms with Crippen LogP contribution in [0.1, 0.15) is 61.3 Å². The van der Waals surface area contributed by atoms with Crippen molar-refractivity contribution in [3.05, 3.63) is 0 Å². The van der Waals surface area contributed by atoms with Crippen LogP contribution in [0.2, 0.25) is 0 Å². The number of hydrogen-bond donors (Lipinski definition) is 1. The Morgan fingerprint density at radius 3 is 1.00 bits per heavy atom. The van der Waals surface area contributed by atoms with Gasteiger partial charge in [0.1, 0.15) is 0 Å². The van der Waals surface area contributed by atoms with Crippen LogP contribution in [0.4, 0.5) is 0 Å². The summed E-state index contributed by atoms with van der Waals surface area (Å²) in [5.74, 6) is 0. The Morgan fingerprint density at radius 1 is 0.824 bits per heavy atom. The molecule has 0 radical (unpaired) electrons. The SMILES string of the molecule is CC(C)(C)[O-].CC(C)(C)[O-].CCCCO.[K+].[K+]. The molecule has 0 aromatic heterocycles. The van der Waals surface area contributed by atoms with Gasteiger partial charge in [-0.3, -0.25) is 0 Å². The summed E-state index contributed by atoms with van der Waals surface area (Å²) in [7, 11) is 0. The fourth-order valence-corrected chi connectivity index (χ4v) is 0.158. The largest absolute Gasteiger partial charge is 1.00 e. The first-order chi connectivity index (χ1) is 6.41. The summed E-state index contributed by atoms with van der Waals surface area (Å²) in [6.45, 7) is 12.2. The predicted molar refractivity (Wildman–Crippen MR) is 61.5 cm³/mol. The molecule has 0 atom stereocenters. The average molecular weight is 299 g/mol. The van der Waals surface area contributed by atoms with Gasteiger partial charge in [0, 0.05) is 6.61 Å². The summed E-state index contributed by atoms with van der Waals surface area (Å²) >= 11 is 0. The van der Waals surface area contributed by atoms with Crippen molar-refractivity contribution in [3.8, 4) is 0 Å². The van der Waals surface area contributed by atoms with Crippen molar-refractivity contribution in [2.24, 2.45) is 0 Å². The first-order valence-electron chi connectivity index (χ1n) is 5.43. The summed E-state index contributed by atoms with van der Waals surface area (Å²) in [4.78, 5) is 0. The van der Waals surface area contributed by atoms with Gasteiger partial charge in [-0.2, -0.15) is 0 Å². The zero-order valence-corrected chi connectivity index (χ0v) is 19.6. The molecule has 0 aromatic carbocycles. The molecule has 0 heterocycles. The average Bonchev–Trinajstić information content (AvgIpc) is 1.80. The quantitative estimate of drug-likeness (QED) is 0.520. The molecule has 0 aliphatic rings. The number of aliphatic hydroxyl groups is 1. The molecule has 0 aliphatic heterocycles. The van der Waals surface area contributed by atoms with Crippen molar-refractivity contribution < 1.29 is 118 Å². The minimum absolute atomic E-state index is 0. The predicted octanol–water partition coefficient (Wildman–Crippen LogP) is -4.92. The third-order valence-corrected chi connectivity index (χ3v) is 0.512. The summed E-state index contributed by atoms with van der Waals surface area (Å²) in [6.07, 6.45) is 2.04. The van der Waals surface area contributed by atoms with Crippen molar-refractivity contribution in [3.63, 3.8) is 0 Å². The van der Waals surface area contributed by atoms with Crippen LogP contribution in [0.5, 0.6) is 0 Å². The number of rotatable bonds is 2. The van der Waals surface area contributed by atoms with Gasteiger partial charge < -0.3 is 15.3 Å². The van der Waals surface area contributed by atoms with Crippen LogP contribution in [-0.4, -0.2) is 22.9 Å². The maximum atomic E-state index is 10.1. The molecule has 0 aliphatic carbocycles. The van der Waals surface area contributed by atoms with E-state index in [0.29, 0.717) is 6.61 Å². The molecule has 0 saturated heterocycles. The molecular formula is C12H28K2O3.